The van der Waals surface area contributed by atoms with Crippen molar-refractivity contribution < 1.29 is 23.6 Å². The van der Waals surface area contributed by atoms with Crippen molar-refractivity contribution in [3.05, 3.63) is 47.5 Å². The third-order valence-corrected chi connectivity index (χ3v) is 9.53. The number of piperazine rings is 1. The number of rotatable bonds is 13. The SMILES string of the molecule is CCC(=O)N[C@@H](C(=O)N1CCN(C)CC1)[C@@H](C)c1ccc(NC(=O)[C@@H](NC(=O)c2ccnn2CC)C(C2CC2)C2CC2)c(F)c1. The first-order valence-electron chi connectivity index (χ1n) is 16.3. The molecule has 1 aromatic heterocycles. The number of anilines is 1. The average molecular weight is 624 g/mol. The summed E-state index contributed by atoms with van der Waals surface area (Å²) in [6, 6.07) is 4.45. The van der Waals surface area contributed by atoms with Crippen LogP contribution in [0.1, 0.15) is 74.8 Å². The Bertz CT molecular complexity index is 1390. The number of hydrogen-bond acceptors (Lipinski definition) is 6. The molecule has 0 radical (unpaired) electrons. The fourth-order valence-corrected chi connectivity index (χ4v) is 6.44. The van der Waals surface area contributed by atoms with E-state index in [1.54, 1.807) is 41.8 Å². The largest absolute Gasteiger partial charge is 0.344 e. The van der Waals surface area contributed by atoms with E-state index in [9.17, 15) is 19.2 Å². The maximum Gasteiger partial charge on any atom is 0.270 e. The Labute approximate surface area is 264 Å². The van der Waals surface area contributed by atoms with Gasteiger partial charge in [0.25, 0.3) is 5.91 Å². The van der Waals surface area contributed by atoms with Crippen LogP contribution in [0, 0.1) is 23.6 Å². The van der Waals surface area contributed by atoms with Crippen LogP contribution in [0.5, 0.6) is 0 Å². The van der Waals surface area contributed by atoms with Gasteiger partial charge in [0.1, 0.15) is 23.6 Å². The third-order valence-electron chi connectivity index (χ3n) is 9.53. The highest BCUT2D eigenvalue weighted by molar-refractivity contribution is 6.01. The quantitative estimate of drug-likeness (QED) is 0.315. The van der Waals surface area contributed by atoms with Crippen molar-refractivity contribution in [1.82, 2.24) is 30.2 Å². The van der Waals surface area contributed by atoms with Crippen molar-refractivity contribution in [2.24, 2.45) is 17.8 Å². The summed E-state index contributed by atoms with van der Waals surface area (Å²) in [4.78, 5) is 56.9. The molecular weight excluding hydrogens is 577 g/mol. The summed E-state index contributed by atoms with van der Waals surface area (Å²) in [7, 11) is 2.00. The van der Waals surface area contributed by atoms with Gasteiger partial charge in [-0.15, -0.1) is 0 Å². The van der Waals surface area contributed by atoms with Gasteiger partial charge in [-0.3, -0.25) is 23.9 Å². The van der Waals surface area contributed by atoms with E-state index in [0.29, 0.717) is 42.7 Å². The van der Waals surface area contributed by atoms with Crippen molar-refractivity contribution in [2.75, 3.05) is 38.5 Å². The minimum Gasteiger partial charge on any atom is -0.344 e. The highest BCUT2D eigenvalue weighted by Crippen LogP contribution is 2.51. The van der Waals surface area contributed by atoms with Crippen LogP contribution in [0.4, 0.5) is 10.1 Å². The molecule has 0 bridgehead atoms. The number of carbonyl (C=O) groups excluding carboxylic acids is 4. The van der Waals surface area contributed by atoms with E-state index >= 15 is 4.39 Å². The molecule has 12 heteroatoms. The maximum absolute atomic E-state index is 15.7. The van der Waals surface area contributed by atoms with E-state index in [-0.39, 0.29) is 35.7 Å². The van der Waals surface area contributed by atoms with Gasteiger partial charge in [-0.05, 0) is 81.2 Å². The lowest BCUT2D eigenvalue weighted by Gasteiger charge is -2.36. The maximum atomic E-state index is 15.7. The van der Waals surface area contributed by atoms with Gasteiger partial charge in [0.05, 0.1) is 5.69 Å². The minimum absolute atomic E-state index is 0.00122. The van der Waals surface area contributed by atoms with E-state index in [0.717, 1.165) is 38.8 Å². The van der Waals surface area contributed by atoms with Crippen molar-refractivity contribution in [2.45, 2.75) is 77.4 Å². The summed E-state index contributed by atoms with van der Waals surface area (Å²) in [5.74, 6) is -1.75. The second kappa shape index (κ2) is 14.1. The second-order valence-corrected chi connectivity index (χ2v) is 12.8. The van der Waals surface area contributed by atoms with Gasteiger partial charge in [0, 0.05) is 51.3 Å². The number of hydrogen-bond donors (Lipinski definition) is 3. The number of amides is 4. The van der Waals surface area contributed by atoms with Gasteiger partial charge in [-0.1, -0.05) is 19.9 Å². The normalized spacial score (nSPS) is 19.1. The molecular formula is C33H46FN7O4. The first kappa shape index (κ1) is 32.6. The Morgan fingerprint density at radius 2 is 1.62 bits per heavy atom. The van der Waals surface area contributed by atoms with E-state index in [4.69, 9.17) is 0 Å². The molecule has 45 heavy (non-hydrogen) atoms. The Kier molecular flexibility index (Phi) is 10.2. The third kappa shape index (κ3) is 7.71. The van der Waals surface area contributed by atoms with Crippen LogP contribution in [0.25, 0.3) is 0 Å². The van der Waals surface area contributed by atoms with Gasteiger partial charge >= 0.3 is 0 Å². The van der Waals surface area contributed by atoms with E-state index < -0.39 is 29.7 Å². The van der Waals surface area contributed by atoms with E-state index in [1.807, 2.05) is 14.0 Å². The molecule has 1 aromatic carbocycles. The molecule has 2 heterocycles. The first-order valence-corrected chi connectivity index (χ1v) is 16.3. The molecule has 3 atom stereocenters. The Morgan fingerprint density at radius 3 is 2.20 bits per heavy atom. The molecule has 244 valence electrons. The molecule has 4 amide bonds. The molecule has 3 N–H and O–H groups in total. The fraction of sp³-hybridized carbons (Fsp3) is 0.606. The van der Waals surface area contributed by atoms with E-state index in [2.05, 4.69) is 25.9 Å². The fourth-order valence-electron chi connectivity index (χ4n) is 6.44. The number of nitrogens with zero attached hydrogens (tertiary/aromatic N) is 4. The minimum atomic E-state index is -0.852. The van der Waals surface area contributed by atoms with E-state index in [1.165, 1.54) is 12.1 Å². The number of benzene rings is 1. The zero-order valence-corrected chi connectivity index (χ0v) is 26.7. The Morgan fingerprint density at radius 1 is 0.956 bits per heavy atom. The number of likely N-dealkylation sites (N-methyl/N-ethyl adjacent to an activating group) is 1. The lowest BCUT2D eigenvalue weighted by Crippen LogP contribution is -2.55. The van der Waals surface area contributed by atoms with Crippen LogP contribution >= 0.6 is 0 Å². The molecule has 5 rings (SSSR count). The number of aryl methyl sites for hydroxylation is 1. The summed E-state index contributed by atoms with van der Waals surface area (Å²) < 4.78 is 17.2. The lowest BCUT2D eigenvalue weighted by atomic mass is 9.88. The molecule has 1 aliphatic heterocycles. The number of aromatic nitrogens is 2. The molecule has 0 spiro atoms. The first-order chi connectivity index (χ1) is 21.6. The van der Waals surface area contributed by atoms with Gasteiger partial charge < -0.3 is 25.8 Å². The molecule has 2 aromatic rings. The van der Waals surface area contributed by atoms with Gasteiger partial charge in [0.15, 0.2) is 0 Å². The smallest absolute Gasteiger partial charge is 0.270 e. The monoisotopic (exact) mass is 623 g/mol. The Balaban J connectivity index is 1.33. The highest BCUT2D eigenvalue weighted by Gasteiger charge is 2.48. The molecule has 3 fully saturated rings. The van der Waals surface area contributed by atoms with Crippen LogP contribution in [-0.2, 0) is 20.9 Å². The second-order valence-electron chi connectivity index (χ2n) is 12.8. The standard InChI is InChI=1S/C33H46FN7O4/c1-5-27(42)37-29(33(45)40-17-15-39(4)16-18-40)20(3)23-11-12-25(24(34)19-23)36-32(44)30(28(21-7-8-21)22-9-10-22)38-31(43)26-13-14-35-41(26)6-2/h11-14,19-22,28-30H,5-10,15-18H2,1-4H3,(H,36,44)(H,37,42)(H,38,43)/t20-,29+,30-/m0/s1. The average Bonchev–Trinajstić information content (AvgIpc) is 3.99. The molecule has 3 aliphatic rings. The summed E-state index contributed by atoms with van der Waals surface area (Å²) in [6.45, 7) is 8.51. The predicted molar refractivity (Wildman–Crippen MR) is 168 cm³/mol. The van der Waals surface area contributed by atoms with Crippen molar-refractivity contribution in [3.63, 3.8) is 0 Å². The molecule has 1 saturated heterocycles. The number of nitrogens with one attached hydrogen (secondary N) is 3. The summed E-state index contributed by atoms with van der Waals surface area (Å²) in [5.41, 5.74) is 0.903. The van der Waals surface area contributed by atoms with Crippen LogP contribution in [0.2, 0.25) is 0 Å². The molecule has 0 unspecified atom stereocenters. The summed E-state index contributed by atoms with van der Waals surface area (Å²) >= 11 is 0. The Hall–Kier alpha value is -3.80. The number of carbonyl (C=O) groups is 4. The lowest BCUT2D eigenvalue weighted by molar-refractivity contribution is -0.138. The van der Waals surface area contributed by atoms with Gasteiger partial charge in [0.2, 0.25) is 17.7 Å². The summed E-state index contributed by atoms with van der Waals surface area (Å²) in [5, 5.41) is 12.8. The van der Waals surface area contributed by atoms with Crippen LogP contribution in [-0.4, -0.2) is 88.5 Å². The number of halogens is 1. The van der Waals surface area contributed by atoms with Crippen molar-refractivity contribution >= 4 is 29.3 Å². The van der Waals surface area contributed by atoms with Gasteiger partial charge in [-0.25, -0.2) is 4.39 Å². The summed E-state index contributed by atoms with van der Waals surface area (Å²) in [6.07, 6.45) is 5.82. The zero-order valence-electron chi connectivity index (χ0n) is 26.7. The van der Waals surface area contributed by atoms with Crippen molar-refractivity contribution in [1.29, 1.82) is 0 Å². The molecule has 11 nitrogen and oxygen atoms in total. The molecule has 2 saturated carbocycles. The topological polar surface area (TPSA) is 129 Å². The van der Waals surface area contributed by atoms with Gasteiger partial charge in [-0.2, -0.15) is 5.10 Å². The molecule has 2 aliphatic carbocycles. The van der Waals surface area contributed by atoms with Crippen LogP contribution in [0.3, 0.4) is 0 Å². The zero-order chi connectivity index (χ0) is 32.2. The highest BCUT2D eigenvalue weighted by atomic mass is 19.1. The van der Waals surface area contributed by atoms with Crippen molar-refractivity contribution in [3.8, 4) is 0 Å². The van der Waals surface area contributed by atoms with Crippen LogP contribution < -0.4 is 16.0 Å². The predicted octanol–water partition coefficient (Wildman–Crippen LogP) is 2.99. The van der Waals surface area contributed by atoms with Crippen LogP contribution in [0.15, 0.2) is 30.5 Å².